The molecular weight excluding hydrogens is 385 g/mol. The highest BCUT2D eigenvalue weighted by Crippen LogP contribution is 2.16. The van der Waals surface area contributed by atoms with Gasteiger partial charge in [0.15, 0.2) is 6.10 Å². The lowest BCUT2D eigenvalue weighted by atomic mass is 9.99. The van der Waals surface area contributed by atoms with Crippen molar-refractivity contribution in [3.63, 3.8) is 0 Å². The molecule has 0 saturated heterocycles. The van der Waals surface area contributed by atoms with Crippen molar-refractivity contribution in [3.05, 3.63) is 65.0 Å². The molecule has 0 aliphatic carbocycles. The summed E-state index contributed by atoms with van der Waals surface area (Å²) in [5, 5.41) is 0. The molecule has 0 bridgehead atoms. The van der Waals surface area contributed by atoms with Crippen molar-refractivity contribution in [2.75, 3.05) is 13.6 Å². The molecule has 8 heteroatoms. The van der Waals surface area contributed by atoms with Crippen LogP contribution in [0.1, 0.15) is 28.4 Å². The average molecular weight is 407 g/mol. The first-order valence-corrected chi connectivity index (χ1v) is 9.99. The van der Waals surface area contributed by atoms with E-state index in [1.54, 1.807) is 19.1 Å². The molecule has 6 nitrogen and oxygen atoms in total. The zero-order valence-electron chi connectivity index (χ0n) is 16.1. The summed E-state index contributed by atoms with van der Waals surface area (Å²) in [6.45, 7) is 4.49. The minimum absolute atomic E-state index is 0.149. The molecule has 0 aromatic heterocycles. The largest absolute Gasteiger partial charge is 0.453 e. The maximum atomic E-state index is 13.0. The number of carbonyl (C=O) groups excluding carboxylic acids is 2. The highest BCUT2D eigenvalue weighted by atomic mass is 32.2. The second-order valence-electron chi connectivity index (χ2n) is 6.53. The summed E-state index contributed by atoms with van der Waals surface area (Å²) in [7, 11) is -2.78. The molecule has 0 aliphatic heterocycles. The van der Waals surface area contributed by atoms with Crippen LogP contribution in [0.3, 0.4) is 0 Å². The number of ketones is 1. The van der Waals surface area contributed by atoms with Gasteiger partial charge in [0.25, 0.3) is 0 Å². The number of carbonyl (C=O) groups is 2. The number of benzene rings is 2. The number of Topliss-reactive ketones (excluding diaryl/α,β-unsaturated/α-hetero) is 1. The molecule has 0 fully saturated rings. The molecule has 2 aromatic rings. The van der Waals surface area contributed by atoms with Crippen LogP contribution in [0.2, 0.25) is 0 Å². The molecule has 0 heterocycles. The molecule has 1 atom stereocenters. The van der Waals surface area contributed by atoms with E-state index in [1.165, 1.54) is 14.0 Å². The Morgan fingerprint density at radius 3 is 2.32 bits per heavy atom. The summed E-state index contributed by atoms with van der Waals surface area (Å²) < 4.78 is 43.8. The van der Waals surface area contributed by atoms with Gasteiger partial charge in [-0.3, -0.25) is 9.59 Å². The fourth-order valence-electron chi connectivity index (χ4n) is 2.56. The van der Waals surface area contributed by atoms with Gasteiger partial charge < -0.3 is 4.74 Å². The topological polar surface area (TPSA) is 80.8 Å². The summed E-state index contributed by atoms with van der Waals surface area (Å²) >= 11 is 0. The number of rotatable bonds is 7. The van der Waals surface area contributed by atoms with E-state index < -0.39 is 34.5 Å². The van der Waals surface area contributed by atoms with Gasteiger partial charge in [-0.25, -0.2) is 12.8 Å². The number of halogens is 1. The number of nitrogens with zero attached hydrogens (tertiary/aromatic N) is 1. The third-order valence-electron chi connectivity index (χ3n) is 4.21. The molecular formula is C20H22FNO5S. The fraction of sp³-hybridized carbons (Fsp3) is 0.300. The van der Waals surface area contributed by atoms with Crippen molar-refractivity contribution in [2.24, 2.45) is 0 Å². The molecule has 2 rings (SSSR count). The highest BCUT2D eigenvalue weighted by molar-refractivity contribution is 7.89. The lowest BCUT2D eigenvalue weighted by Gasteiger charge is -2.18. The van der Waals surface area contributed by atoms with Crippen molar-refractivity contribution in [3.8, 4) is 0 Å². The van der Waals surface area contributed by atoms with Crippen LogP contribution >= 0.6 is 0 Å². The van der Waals surface area contributed by atoms with Crippen molar-refractivity contribution in [1.29, 1.82) is 0 Å². The lowest BCUT2D eigenvalue weighted by Crippen LogP contribution is -2.35. The van der Waals surface area contributed by atoms with E-state index in [2.05, 4.69) is 0 Å². The normalized spacial score (nSPS) is 12.6. The Morgan fingerprint density at radius 2 is 1.71 bits per heavy atom. The lowest BCUT2D eigenvalue weighted by molar-refractivity contribution is -0.146. The molecule has 150 valence electrons. The third-order valence-corrected chi connectivity index (χ3v) is 6.03. The second-order valence-corrected chi connectivity index (χ2v) is 8.57. The monoisotopic (exact) mass is 407 g/mol. The molecule has 0 saturated carbocycles. The summed E-state index contributed by atoms with van der Waals surface area (Å²) in [5.41, 5.74) is 2.11. The predicted octanol–water partition coefficient (Wildman–Crippen LogP) is 2.88. The summed E-state index contributed by atoms with van der Waals surface area (Å²) in [4.78, 5) is 24.5. The van der Waals surface area contributed by atoms with E-state index in [1.807, 2.05) is 13.0 Å². The molecule has 0 N–H and O–H groups in total. The van der Waals surface area contributed by atoms with Gasteiger partial charge >= 0.3 is 5.97 Å². The first-order valence-electron chi connectivity index (χ1n) is 8.55. The van der Waals surface area contributed by atoms with Crippen LogP contribution in [0.4, 0.5) is 4.39 Å². The van der Waals surface area contributed by atoms with Crippen LogP contribution in [0, 0.1) is 19.7 Å². The minimum Gasteiger partial charge on any atom is -0.453 e. The van der Waals surface area contributed by atoms with Gasteiger partial charge in [0.1, 0.15) is 12.4 Å². The molecule has 28 heavy (non-hydrogen) atoms. The summed E-state index contributed by atoms with van der Waals surface area (Å²) in [6.07, 6.45) is -1.06. The molecule has 0 amide bonds. The van der Waals surface area contributed by atoms with Gasteiger partial charge in [-0.05, 0) is 56.7 Å². The van der Waals surface area contributed by atoms with Gasteiger partial charge in [-0.1, -0.05) is 17.7 Å². The number of sulfonamides is 1. The van der Waals surface area contributed by atoms with Gasteiger partial charge in [0.2, 0.25) is 15.8 Å². The van der Waals surface area contributed by atoms with Crippen molar-refractivity contribution in [2.45, 2.75) is 31.8 Å². The number of aryl methyl sites for hydroxylation is 2. The second kappa shape index (κ2) is 8.62. The average Bonchev–Trinajstić information content (AvgIpc) is 2.63. The summed E-state index contributed by atoms with van der Waals surface area (Å²) in [5.74, 6) is -1.79. The van der Waals surface area contributed by atoms with E-state index in [0.717, 1.165) is 39.7 Å². The Morgan fingerprint density at radius 1 is 1.11 bits per heavy atom. The number of hydrogen-bond acceptors (Lipinski definition) is 5. The van der Waals surface area contributed by atoms with Crippen molar-refractivity contribution < 1.29 is 27.1 Å². The summed E-state index contributed by atoms with van der Waals surface area (Å²) in [6, 6.07) is 9.65. The van der Waals surface area contributed by atoms with Gasteiger partial charge in [-0.2, -0.15) is 4.31 Å². The highest BCUT2D eigenvalue weighted by Gasteiger charge is 2.26. The maximum absolute atomic E-state index is 13.0. The van der Waals surface area contributed by atoms with Crippen molar-refractivity contribution in [1.82, 2.24) is 4.31 Å². The number of hydrogen-bond donors (Lipinski definition) is 0. The minimum atomic E-state index is -3.99. The number of esters is 1. The Labute approximate surface area is 164 Å². The van der Waals surface area contributed by atoms with E-state index in [-0.39, 0.29) is 10.7 Å². The SMILES string of the molecule is Cc1ccc(C)c(C(=O)[C@@H](C)OC(=O)CN(C)S(=O)(=O)c2ccc(F)cc2)c1. The Bertz CT molecular complexity index is 986. The van der Waals surface area contributed by atoms with Crippen LogP contribution in [0.15, 0.2) is 47.4 Å². The van der Waals surface area contributed by atoms with Crippen LogP contribution in [-0.4, -0.2) is 44.2 Å². The zero-order valence-corrected chi connectivity index (χ0v) is 16.9. The molecule has 0 aliphatic rings. The van der Waals surface area contributed by atoms with E-state index >= 15 is 0 Å². The van der Waals surface area contributed by atoms with Gasteiger partial charge in [0, 0.05) is 12.6 Å². The maximum Gasteiger partial charge on any atom is 0.322 e. The smallest absolute Gasteiger partial charge is 0.322 e. The Hall–Kier alpha value is -2.58. The third kappa shape index (κ3) is 5.02. The molecule has 2 aromatic carbocycles. The van der Waals surface area contributed by atoms with Crippen LogP contribution in [-0.2, 0) is 19.6 Å². The van der Waals surface area contributed by atoms with E-state index in [4.69, 9.17) is 4.74 Å². The molecule has 0 spiro atoms. The zero-order chi connectivity index (χ0) is 21.1. The van der Waals surface area contributed by atoms with Gasteiger partial charge in [0.05, 0.1) is 4.90 Å². The first kappa shape index (κ1) is 21.7. The quantitative estimate of drug-likeness (QED) is 0.521. The fourth-order valence-corrected chi connectivity index (χ4v) is 3.68. The molecule has 0 unspecified atom stereocenters. The standard InChI is InChI=1S/C20H22FNO5S/c1-13-5-6-14(2)18(11-13)20(24)15(3)27-19(23)12-22(4)28(25,26)17-9-7-16(21)8-10-17/h5-11,15H,12H2,1-4H3/t15-/m1/s1. The Kier molecular flexibility index (Phi) is 6.69. The van der Waals surface area contributed by atoms with Crippen LogP contribution < -0.4 is 0 Å². The van der Waals surface area contributed by atoms with E-state index in [0.29, 0.717) is 5.56 Å². The van der Waals surface area contributed by atoms with Crippen LogP contribution in [0.25, 0.3) is 0 Å². The van der Waals surface area contributed by atoms with Crippen LogP contribution in [0.5, 0.6) is 0 Å². The number of likely N-dealkylation sites (N-methyl/N-ethyl adjacent to an activating group) is 1. The number of ether oxygens (including phenoxy) is 1. The molecule has 0 radical (unpaired) electrons. The predicted molar refractivity (Wildman–Crippen MR) is 102 cm³/mol. The van der Waals surface area contributed by atoms with Crippen molar-refractivity contribution >= 4 is 21.8 Å². The Balaban J connectivity index is 2.05. The van der Waals surface area contributed by atoms with Gasteiger partial charge in [-0.15, -0.1) is 0 Å². The van der Waals surface area contributed by atoms with E-state index in [9.17, 15) is 22.4 Å². The first-order chi connectivity index (χ1) is 13.0.